The number of rotatable bonds is 0. The van der Waals surface area contributed by atoms with Gasteiger partial charge in [-0.2, -0.15) is 0 Å². The van der Waals surface area contributed by atoms with Crippen LogP contribution in [-0.4, -0.2) is 0 Å². The first-order valence-electron chi connectivity index (χ1n) is 4.52. The lowest BCUT2D eigenvalue weighted by Gasteiger charge is -1.94. The predicted octanol–water partition coefficient (Wildman–Crippen LogP) is 5.00. The highest BCUT2D eigenvalue weighted by atomic mass is 79.9. The van der Waals surface area contributed by atoms with Crippen LogP contribution < -0.4 is 0 Å². The molecule has 3 heteroatoms. The summed E-state index contributed by atoms with van der Waals surface area (Å²) in [6.07, 6.45) is 0. The fourth-order valence-electron chi connectivity index (χ4n) is 1.75. The molecule has 0 radical (unpaired) electrons. The zero-order valence-corrected chi connectivity index (χ0v) is 9.97. The van der Waals surface area contributed by atoms with Crippen LogP contribution in [0.4, 0.5) is 0 Å². The first kappa shape index (κ1) is 9.25. The molecule has 0 N–H and O–H groups in total. The molecular formula is C12H6BrClO. The molecule has 2 aromatic carbocycles. The quantitative estimate of drug-likeness (QED) is 0.565. The first-order valence-corrected chi connectivity index (χ1v) is 5.69. The van der Waals surface area contributed by atoms with Gasteiger partial charge in [0, 0.05) is 15.8 Å². The Labute approximate surface area is 99.8 Å². The van der Waals surface area contributed by atoms with Crippen LogP contribution in [0.25, 0.3) is 21.9 Å². The molecule has 1 nitrogen and oxygen atoms in total. The molecule has 0 amide bonds. The Balaban J connectivity index is 2.61. The summed E-state index contributed by atoms with van der Waals surface area (Å²) in [5.41, 5.74) is 1.73. The standard InChI is InChI=1S/C12H6BrClO/c13-10-6-7(14)5-9-8-3-1-2-4-11(8)15-12(9)10/h1-6H. The predicted molar refractivity (Wildman–Crippen MR) is 66.4 cm³/mol. The monoisotopic (exact) mass is 280 g/mol. The van der Waals surface area contributed by atoms with Gasteiger partial charge in [-0.3, -0.25) is 0 Å². The van der Waals surface area contributed by atoms with Crippen molar-refractivity contribution >= 4 is 49.5 Å². The van der Waals surface area contributed by atoms with E-state index >= 15 is 0 Å². The van der Waals surface area contributed by atoms with Crippen LogP contribution in [0.2, 0.25) is 5.02 Å². The minimum atomic E-state index is 0.709. The summed E-state index contributed by atoms with van der Waals surface area (Å²) in [6.45, 7) is 0. The molecule has 0 fully saturated rings. The highest BCUT2D eigenvalue weighted by Gasteiger charge is 2.09. The molecule has 0 saturated carbocycles. The minimum Gasteiger partial charge on any atom is -0.455 e. The van der Waals surface area contributed by atoms with E-state index in [1.165, 1.54) is 0 Å². The maximum absolute atomic E-state index is 6.01. The van der Waals surface area contributed by atoms with E-state index in [1.807, 2.05) is 36.4 Å². The number of hydrogen-bond acceptors (Lipinski definition) is 1. The van der Waals surface area contributed by atoms with Gasteiger partial charge < -0.3 is 4.42 Å². The van der Waals surface area contributed by atoms with E-state index in [0.717, 1.165) is 26.4 Å². The molecule has 15 heavy (non-hydrogen) atoms. The van der Waals surface area contributed by atoms with Crippen LogP contribution in [-0.2, 0) is 0 Å². The van der Waals surface area contributed by atoms with Crippen molar-refractivity contribution in [3.63, 3.8) is 0 Å². The molecular weight excluding hydrogens is 275 g/mol. The van der Waals surface area contributed by atoms with Crippen LogP contribution in [0.1, 0.15) is 0 Å². The van der Waals surface area contributed by atoms with Gasteiger partial charge in [0.1, 0.15) is 11.2 Å². The van der Waals surface area contributed by atoms with E-state index in [2.05, 4.69) is 15.9 Å². The van der Waals surface area contributed by atoms with Gasteiger partial charge in [0.05, 0.1) is 4.47 Å². The van der Waals surface area contributed by atoms with Gasteiger partial charge in [0.2, 0.25) is 0 Å². The average Bonchev–Trinajstić information content (AvgIpc) is 2.57. The first-order chi connectivity index (χ1) is 7.25. The lowest BCUT2D eigenvalue weighted by atomic mass is 10.1. The fourth-order valence-corrected chi connectivity index (χ4v) is 2.64. The zero-order chi connectivity index (χ0) is 10.4. The van der Waals surface area contributed by atoms with Crippen molar-refractivity contribution in [1.29, 1.82) is 0 Å². The summed E-state index contributed by atoms with van der Waals surface area (Å²) in [6, 6.07) is 11.7. The number of furan rings is 1. The third kappa shape index (κ3) is 1.36. The highest BCUT2D eigenvalue weighted by molar-refractivity contribution is 9.10. The lowest BCUT2D eigenvalue weighted by Crippen LogP contribution is -1.69. The number of fused-ring (bicyclic) bond motifs is 3. The zero-order valence-electron chi connectivity index (χ0n) is 7.63. The van der Waals surface area contributed by atoms with Gasteiger partial charge in [0.15, 0.2) is 0 Å². The van der Waals surface area contributed by atoms with Crippen LogP contribution >= 0.6 is 27.5 Å². The van der Waals surface area contributed by atoms with E-state index in [1.54, 1.807) is 0 Å². The molecule has 1 aromatic heterocycles. The number of hydrogen-bond donors (Lipinski definition) is 0. The summed E-state index contributed by atoms with van der Waals surface area (Å²) < 4.78 is 6.62. The second-order valence-electron chi connectivity index (χ2n) is 3.36. The third-order valence-corrected chi connectivity index (χ3v) is 3.20. The average molecular weight is 282 g/mol. The van der Waals surface area contributed by atoms with Crippen LogP contribution in [0.15, 0.2) is 45.3 Å². The highest BCUT2D eigenvalue weighted by Crippen LogP contribution is 2.35. The summed E-state index contributed by atoms with van der Waals surface area (Å²) in [7, 11) is 0. The molecule has 0 atom stereocenters. The van der Waals surface area contributed by atoms with Gasteiger partial charge in [-0.1, -0.05) is 29.8 Å². The molecule has 3 aromatic rings. The Morgan fingerprint density at radius 2 is 1.87 bits per heavy atom. The van der Waals surface area contributed by atoms with E-state index < -0.39 is 0 Å². The van der Waals surface area contributed by atoms with Crippen molar-refractivity contribution in [2.75, 3.05) is 0 Å². The Morgan fingerprint density at radius 1 is 1.07 bits per heavy atom. The normalized spacial score (nSPS) is 11.3. The fraction of sp³-hybridized carbons (Fsp3) is 0. The summed E-state index contributed by atoms with van der Waals surface area (Å²) in [5.74, 6) is 0. The smallest absolute Gasteiger partial charge is 0.149 e. The van der Waals surface area contributed by atoms with Crippen molar-refractivity contribution in [2.45, 2.75) is 0 Å². The van der Waals surface area contributed by atoms with Gasteiger partial charge in [-0.15, -0.1) is 0 Å². The molecule has 0 saturated heterocycles. The SMILES string of the molecule is Clc1cc(Br)c2oc3ccccc3c2c1. The lowest BCUT2D eigenvalue weighted by molar-refractivity contribution is 0.667. The molecule has 1 heterocycles. The molecule has 0 bridgehead atoms. The van der Waals surface area contributed by atoms with Crippen molar-refractivity contribution in [3.8, 4) is 0 Å². The summed E-state index contributed by atoms with van der Waals surface area (Å²) >= 11 is 9.46. The topological polar surface area (TPSA) is 13.1 Å². The maximum atomic E-state index is 6.01. The van der Waals surface area contributed by atoms with Gasteiger partial charge in [-0.25, -0.2) is 0 Å². The molecule has 74 valence electrons. The Kier molecular flexibility index (Phi) is 2.01. The largest absolute Gasteiger partial charge is 0.455 e. The second-order valence-corrected chi connectivity index (χ2v) is 4.65. The summed E-state index contributed by atoms with van der Waals surface area (Å²) in [5, 5.41) is 2.85. The Bertz CT molecular complexity index is 657. The van der Waals surface area contributed by atoms with Crippen LogP contribution in [0.3, 0.4) is 0 Å². The van der Waals surface area contributed by atoms with Crippen molar-refractivity contribution in [2.24, 2.45) is 0 Å². The molecule has 0 aliphatic heterocycles. The van der Waals surface area contributed by atoms with E-state index in [0.29, 0.717) is 5.02 Å². The Morgan fingerprint density at radius 3 is 2.73 bits per heavy atom. The van der Waals surface area contributed by atoms with Gasteiger partial charge in [-0.05, 0) is 34.1 Å². The Hall–Kier alpha value is -0.990. The second kappa shape index (κ2) is 3.26. The van der Waals surface area contributed by atoms with Crippen LogP contribution in [0, 0.1) is 0 Å². The third-order valence-electron chi connectivity index (χ3n) is 2.40. The van der Waals surface area contributed by atoms with Crippen molar-refractivity contribution < 1.29 is 4.42 Å². The number of para-hydroxylation sites is 1. The molecule has 0 aliphatic carbocycles. The molecule has 0 aliphatic rings. The molecule has 3 rings (SSSR count). The number of halogens is 2. The van der Waals surface area contributed by atoms with Gasteiger partial charge in [0.25, 0.3) is 0 Å². The minimum absolute atomic E-state index is 0.709. The number of benzene rings is 2. The molecule has 0 unspecified atom stereocenters. The summed E-state index contributed by atoms with van der Waals surface area (Å²) in [4.78, 5) is 0. The van der Waals surface area contributed by atoms with E-state index in [4.69, 9.17) is 16.0 Å². The van der Waals surface area contributed by atoms with Crippen molar-refractivity contribution in [3.05, 3.63) is 45.9 Å². The maximum Gasteiger partial charge on any atom is 0.149 e. The molecule has 0 spiro atoms. The van der Waals surface area contributed by atoms with Crippen molar-refractivity contribution in [1.82, 2.24) is 0 Å². The van der Waals surface area contributed by atoms with E-state index in [9.17, 15) is 0 Å². The van der Waals surface area contributed by atoms with Crippen LogP contribution in [0.5, 0.6) is 0 Å². The van der Waals surface area contributed by atoms with Gasteiger partial charge >= 0.3 is 0 Å². The van der Waals surface area contributed by atoms with E-state index in [-0.39, 0.29) is 0 Å².